The molecule has 18 heavy (non-hydrogen) atoms. The Balaban J connectivity index is 3.15. The van der Waals surface area contributed by atoms with Crippen molar-refractivity contribution in [1.82, 2.24) is 0 Å². The third-order valence-electron chi connectivity index (χ3n) is 1.65. The van der Waals surface area contributed by atoms with Crippen molar-refractivity contribution in [1.29, 1.82) is 0 Å². The Morgan fingerprint density at radius 1 is 1.06 bits per heavy atom. The minimum atomic E-state index is -4.95. The second-order valence-corrected chi connectivity index (χ2v) is 5.31. The minimum Gasteiger partial charge on any atom is -0.510 e. The van der Waals surface area contributed by atoms with E-state index in [1.54, 1.807) is 23.5 Å². The van der Waals surface area contributed by atoms with E-state index in [1.165, 1.54) is 6.07 Å². The van der Waals surface area contributed by atoms with E-state index in [1.807, 2.05) is 0 Å². The van der Waals surface area contributed by atoms with Crippen LogP contribution in [0.1, 0.15) is 0 Å². The standard InChI is InChI=1S/C8H8B3BrF4O2/c9-7(10,11)18-6-3(12)1-2-4(5(6)13)17-8(14,15)16/h1-2H,9-11H2. The maximum absolute atomic E-state index is 13.8. The summed E-state index contributed by atoms with van der Waals surface area (Å²) in [6.45, 7) is 0. The molecule has 1 rings (SSSR count). The lowest BCUT2D eigenvalue weighted by molar-refractivity contribution is -0.275. The maximum Gasteiger partial charge on any atom is 0.573 e. The molecule has 0 spiro atoms. The molecule has 0 aliphatic rings. The van der Waals surface area contributed by atoms with E-state index in [9.17, 15) is 17.6 Å². The molecule has 0 aliphatic heterocycles. The van der Waals surface area contributed by atoms with Crippen molar-refractivity contribution in [3.8, 4) is 11.5 Å². The summed E-state index contributed by atoms with van der Waals surface area (Å²) in [4.78, 5) is 0. The molecule has 1 aromatic carbocycles. The predicted molar refractivity (Wildman–Crippen MR) is 69.8 cm³/mol. The Kier molecular flexibility index (Phi) is 4.30. The normalized spacial score (nSPS) is 12.3. The first kappa shape index (κ1) is 15.3. The van der Waals surface area contributed by atoms with Crippen LogP contribution in [0.4, 0.5) is 17.6 Å². The van der Waals surface area contributed by atoms with Gasteiger partial charge in [-0.2, -0.15) is 4.39 Å². The minimum absolute atomic E-state index is 0.212. The third kappa shape index (κ3) is 4.47. The van der Waals surface area contributed by atoms with Gasteiger partial charge in [-0.1, -0.05) is 0 Å². The first-order valence-corrected chi connectivity index (χ1v) is 5.72. The molecule has 0 amide bonds. The summed E-state index contributed by atoms with van der Waals surface area (Å²) in [5.74, 6) is -2.44. The monoisotopic (exact) mass is 324 g/mol. The van der Waals surface area contributed by atoms with E-state index in [2.05, 4.69) is 20.7 Å². The number of halogens is 5. The molecule has 0 radical (unpaired) electrons. The molecule has 0 N–H and O–H groups in total. The quantitative estimate of drug-likeness (QED) is 0.591. The molecule has 10 heteroatoms. The summed E-state index contributed by atoms with van der Waals surface area (Å²) >= 11 is 3.01. The zero-order valence-electron chi connectivity index (χ0n) is 9.86. The second kappa shape index (κ2) is 5.07. The molecule has 0 atom stereocenters. The average molecular weight is 324 g/mol. The van der Waals surface area contributed by atoms with Crippen molar-refractivity contribution < 1.29 is 27.0 Å². The third-order valence-corrected chi connectivity index (χ3v) is 2.27. The summed E-state index contributed by atoms with van der Waals surface area (Å²) in [6.07, 6.45) is -4.95. The van der Waals surface area contributed by atoms with Gasteiger partial charge in [-0.3, -0.25) is 0 Å². The van der Waals surface area contributed by atoms with Crippen LogP contribution in [0.15, 0.2) is 16.6 Å². The van der Waals surface area contributed by atoms with Gasteiger partial charge >= 0.3 is 6.36 Å². The van der Waals surface area contributed by atoms with Crippen LogP contribution in [0.5, 0.6) is 11.5 Å². The van der Waals surface area contributed by atoms with Gasteiger partial charge in [0, 0.05) is 5.30 Å². The Labute approximate surface area is 112 Å². The smallest absolute Gasteiger partial charge is 0.510 e. The van der Waals surface area contributed by atoms with Gasteiger partial charge in [-0.05, 0) is 28.1 Å². The highest BCUT2D eigenvalue weighted by Gasteiger charge is 2.33. The summed E-state index contributed by atoms with van der Waals surface area (Å²) in [6, 6.07) is 2.10. The van der Waals surface area contributed by atoms with Crippen LogP contribution >= 0.6 is 15.9 Å². The van der Waals surface area contributed by atoms with Gasteiger partial charge in [-0.25, -0.2) is 0 Å². The SMILES string of the molecule is BC(B)(B)Oc1c(Br)ccc(OC(F)(F)F)c1F. The van der Waals surface area contributed by atoms with Gasteiger partial charge in [0.25, 0.3) is 0 Å². The van der Waals surface area contributed by atoms with E-state index >= 15 is 0 Å². The van der Waals surface area contributed by atoms with Gasteiger partial charge in [-0.15, -0.1) is 13.2 Å². The first-order valence-electron chi connectivity index (χ1n) is 4.92. The highest BCUT2D eigenvalue weighted by molar-refractivity contribution is 9.10. The van der Waals surface area contributed by atoms with E-state index in [0.29, 0.717) is 0 Å². The lowest BCUT2D eigenvalue weighted by Crippen LogP contribution is -2.38. The second-order valence-electron chi connectivity index (χ2n) is 4.45. The average Bonchev–Trinajstić information content (AvgIpc) is 2.14. The summed E-state index contributed by atoms with van der Waals surface area (Å²) in [5, 5.41) is -0.750. The Morgan fingerprint density at radius 3 is 2.06 bits per heavy atom. The molecule has 1 aromatic rings. The molecule has 0 saturated heterocycles. The largest absolute Gasteiger partial charge is 0.573 e. The number of ether oxygens (including phenoxy) is 2. The Bertz CT molecular complexity index is 447. The molecule has 0 unspecified atom stereocenters. The molecular formula is C8H8B3BrF4O2. The summed E-state index contributed by atoms with van der Waals surface area (Å²) in [7, 11) is 4.95. The summed E-state index contributed by atoms with van der Waals surface area (Å²) in [5.41, 5.74) is 0. The molecule has 0 aromatic heterocycles. The zero-order valence-corrected chi connectivity index (χ0v) is 11.4. The predicted octanol–water partition coefficient (Wildman–Crippen LogP) is 0.376. The van der Waals surface area contributed by atoms with Crippen LogP contribution in [-0.4, -0.2) is 35.2 Å². The van der Waals surface area contributed by atoms with Gasteiger partial charge in [0.1, 0.15) is 23.5 Å². The van der Waals surface area contributed by atoms with Crippen molar-refractivity contribution in [3.63, 3.8) is 0 Å². The van der Waals surface area contributed by atoms with Crippen LogP contribution in [0.25, 0.3) is 0 Å². The number of rotatable bonds is 3. The van der Waals surface area contributed by atoms with E-state index in [4.69, 9.17) is 4.74 Å². The van der Waals surface area contributed by atoms with Crippen LogP contribution in [-0.2, 0) is 0 Å². The van der Waals surface area contributed by atoms with Crippen molar-refractivity contribution in [2.24, 2.45) is 0 Å². The topological polar surface area (TPSA) is 18.5 Å². The van der Waals surface area contributed by atoms with Crippen LogP contribution in [0.3, 0.4) is 0 Å². The summed E-state index contributed by atoms with van der Waals surface area (Å²) < 4.78 is 59.0. The van der Waals surface area contributed by atoms with Gasteiger partial charge in [0.15, 0.2) is 11.5 Å². The van der Waals surface area contributed by atoms with Crippen molar-refractivity contribution >= 4 is 39.5 Å². The van der Waals surface area contributed by atoms with Crippen LogP contribution in [0.2, 0.25) is 0 Å². The first-order chi connectivity index (χ1) is 7.99. The zero-order chi connectivity index (χ0) is 14.1. The van der Waals surface area contributed by atoms with Gasteiger partial charge in [0.05, 0.1) is 4.47 Å². The van der Waals surface area contributed by atoms with E-state index in [0.717, 1.165) is 6.07 Å². The molecule has 0 aliphatic carbocycles. The molecule has 2 nitrogen and oxygen atoms in total. The molecule has 0 heterocycles. The lowest BCUT2D eigenvalue weighted by Gasteiger charge is -2.23. The maximum atomic E-state index is 13.8. The Hall–Kier alpha value is -0.785. The molecule has 0 fully saturated rings. The van der Waals surface area contributed by atoms with Gasteiger partial charge in [0.2, 0.25) is 5.82 Å². The van der Waals surface area contributed by atoms with Crippen molar-refractivity contribution in [2.75, 3.05) is 0 Å². The fraction of sp³-hybridized carbons (Fsp3) is 0.250. The fourth-order valence-electron chi connectivity index (χ4n) is 1.12. The van der Waals surface area contributed by atoms with Gasteiger partial charge < -0.3 is 9.47 Å². The Morgan fingerprint density at radius 2 is 1.61 bits per heavy atom. The van der Waals surface area contributed by atoms with E-state index in [-0.39, 0.29) is 10.2 Å². The highest BCUT2D eigenvalue weighted by atomic mass is 79.9. The number of hydrogen-bond acceptors (Lipinski definition) is 2. The number of hydrogen-bond donors (Lipinski definition) is 0. The molecule has 0 saturated carbocycles. The number of alkyl halides is 3. The lowest BCUT2D eigenvalue weighted by atomic mass is 9.52. The van der Waals surface area contributed by atoms with Crippen molar-refractivity contribution in [3.05, 3.63) is 22.4 Å². The van der Waals surface area contributed by atoms with Crippen molar-refractivity contribution in [2.45, 2.75) is 11.7 Å². The van der Waals surface area contributed by atoms with Crippen LogP contribution < -0.4 is 9.47 Å². The molecular weight excluding hydrogens is 316 g/mol. The molecule has 96 valence electrons. The highest BCUT2D eigenvalue weighted by Crippen LogP contribution is 2.37. The van der Waals surface area contributed by atoms with Crippen LogP contribution in [0, 0.1) is 5.82 Å². The fourth-order valence-corrected chi connectivity index (χ4v) is 1.50. The molecule has 0 bridgehead atoms. The van der Waals surface area contributed by atoms with E-state index < -0.39 is 23.2 Å². The number of benzene rings is 1.